The molecule has 0 aromatic rings. The summed E-state index contributed by atoms with van der Waals surface area (Å²) in [4.78, 5) is 0. The maximum atomic E-state index is 2.35. The molecule has 0 N–H and O–H groups in total. The summed E-state index contributed by atoms with van der Waals surface area (Å²) in [6.45, 7) is 0. The highest BCUT2D eigenvalue weighted by molar-refractivity contribution is 5.74. The maximum Gasteiger partial charge on any atom is -0.00139 e. The van der Waals surface area contributed by atoms with Gasteiger partial charge < -0.3 is 0 Å². The van der Waals surface area contributed by atoms with Crippen LogP contribution in [0.1, 0.15) is 32.1 Å². The van der Waals surface area contributed by atoms with Crippen molar-refractivity contribution >= 4 is 0 Å². The van der Waals surface area contributed by atoms with Crippen LogP contribution in [0.3, 0.4) is 0 Å². The van der Waals surface area contributed by atoms with Crippen LogP contribution in [-0.4, -0.2) is 0 Å². The van der Waals surface area contributed by atoms with Crippen molar-refractivity contribution in [3.05, 3.63) is 68.9 Å². The molecule has 17 heavy (non-hydrogen) atoms. The Morgan fingerprint density at radius 2 is 1.41 bits per heavy atom. The molecule has 0 heterocycles. The number of fused-ring (bicyclic) bond motifs is 3. The van der Waals surface area contributed by atoms with E-state index in [0.29, 0.717) is 0 Å². The Morgan fingerprint density at radius 3 is 2.29 bits per heavy atom. The number of rotatable bonds is 0. The second-order valence-corrected chi connectivity index (χ2v) is 5.69. The van der Waals surface area contributed by atoms with Crippen LogP contribution in [0.25, 0.3) is 0 Å². The average Bonchev–Trinajstić information content (AvgIpc) is 2.97. The summed E-state index contributed by atoms with van der Waals surface area (Å²) in [6.07, 6.45) is 15.5. The number of allylic oxidation sites excluding steroid dienone is 12. The van der Waals surface area contributed by atoms with Crippen LogP contribution in [0, 0.1) is 0 Å². The fraction of sp³-hybridized carbons (Fsp3) is 0.294. The first-order chi connectivity index (χ1) is 8.42. The normalized spacial score (nSPS) is 27.8. The fourth-order valence-electron chi connectivity index (χ4n) is 4.24. The largest absolute Gasteiger partial charge is 0.0798 e. The molecule has 0 saturated carbocycles. The lowest BCUT2D eigenvalue weighted by atomic mass is 9.96. The molecule has 0 fully saturated rings. The topological polar surface area (TPSA) is 0 Å². The molecule has 0 unspecified atom stereocenters. The lowest BCUT2D eigenvalue weighted by Gasteiger charge is -2.08. The third kappa shape index (κ3) is 0.878. The number of hydrogen-bond donors (Lipinski definition) is 0. The van der Waals surface area contributed by atoms with Crippen molar-refractivity contribution in [2.45, 2.75) is 32.1 Å². The zero-order chi connectivity index (χ0) is 11.0. The molecule has 0 bridgehead atoms. The molecule has 5 rings (SSSR count). The molecule has 0 radical (unpaired) electrons. The zero-order valence-electron chi connectivity index (χ0n) is 9.84. The summed E-state index contributed by atoms with van der Waals surface area (Å²) >= 11 is 0. The van der Waals surface area contributed by atoms with Gasteiger partial charge in [0, 0.05) is 0 Å². The lowest BCUT2D eigenvalue weighted by Crippen LogP contribution is -1.90. The Bertz CT molecular complexity index is 654. The Labute approximate surface area is 101 Å². The van der Waals surface area contributed by atoms with Gasteiger partial charge in [0.1, 0.15) is 0 Å². The van der Waals surface area contributed by atoms with Crippen molar-refractivity contribution in [3.8, 4) is 0 Å². The minimum absolute atomic E-state index is 1.19. The molecule has 0 aliphatic heterocycles. The third-order valence-electron chi connectivity index (χ3n) is 4.90. The highest BCUT2D eigenvalue weighted by Gasteiger charge is 2.38. The minimum Gasteiger partial charge on any atom is -0.0798 e. The quantitative estimate of drug-likeness (QED) is 0.568. The Balaban J connectivity index is 1.63. The SMILES string of the molecule is C1=CC2=C(C1)C1=C(C2)C2=C(CC3=C2CC=C3)C1. The van der Waals surface area contributed by atoms with Gasteiger partial charge in [0.05, 0.1) is 0 Å². The first kappa shape index (κ1) is 8.52. The van der Waals surface area contributed by atoms with E-state index in [0.717, 1.165) is 0 Å². The van der Waals surface area contributed by atoms with E-state index in [1.165, 1.54) is 32.1 Å². The van der Waals surface area contributed by atoms with E-state index in [9.17, 15) is 0 Å². The van der Waals surface area contributed by atoms with Gasteiger partial charge in [-0.2, -0.15) is 0 Å². The van der Waals surface area contributed by atoms with Crippen LogP contribution >= 0.6 is 0 Å². The summed E-state index contributed by atoms with van der Waals surface area (Å²) in [7, 11) is 0. The van der Waals surface area contributed by atoms with Crippen molar-refractivity contribution in [1.29, 1.82) is 0 Å². The molecule has 0 aromatic heterocycles. The molecular weight excluding hydrogens is 204 g/mol. The molecule has 0 amide bonds. The molecule has 82 valence electrons. The Hall–Kier alpha value is -1.56. The van der Waals surface area contributed by atoms with Crippen LogP contribution in [0.4, 0.5) is 0 Å². The van der Waals surface area contributed by atoms with Crippen LogP contribution in [0.2, 0.25) is 0 Å². The minimum atomic E-state index is 1.19. The molecule has 0 heteroatoms. The van der Waals surface area contributed by atoms with Crippen LogP contribution in [0.5, 0.6) is 0 Å². The zero-order valence-corrected chi connectivity index (χ0v) is 9.84. The smallest absolute Gasteiger partial charge is 0.00139 e. The van der Waals surface area contributed by atoms with Crippen molar-refractivity contribution in [2.75, 3.05) is 0 Å². The summed E-state index contributed by atoms with van der Waals surface area (Å²) in [5, 5.41) is 0. The van der Waals surface area contributed by atoms with E-state index in [4.69, 9.17) is 0 Å². The van der Waals surface area contributed by atoms with E-state index in [2.05, 4.69) is 24.3 Å². The predicted octanol–water partition coefficient (Wildman–Crippen LogP) is 4.30. The first-order valence-corrected chi connectivity index (χ1v) is 6.64. The van der Waals surface area contributed by atoms with Crippen molar-refractivity contribution < 1.29 is 0 Å². The lowest BCUT2D eigenvalue weighted by molar-refractivity contribution is 1.05. The fourth-order valence-corrected chi connectivity index (χ4v) is 4.24. The van der Waals surface area contributed by atoms with E-state index >= 15 is 0 Å². The van der Waals surface area contributed by atoms with Crippen LogP contribution < -0.4 is 0 Å². The molecule has 5 aliphatic rings. The highest BCUT2D eigenvalue weighted by atomic mass is 14.4. The molecule has 0 nitrogen and oxygen atoms in total. The monoisotopic (exact) mass is 218 g/mol. The van der Waals surface area contributed by atoms with Gasteiger partial charge in [-0.1, -0.05) is 29.9 Å². The van der Waals surface area contributed by atoms with E-state index in [1.54, 1.807) is 44.6 Å². The molecule has 0 saturated heterocycles. The van der Waals surface area contributed by atoms with Gasteiger partial charge in [-0.05, 0) is 71.1 Å². The van der Waals surface area contributed by atoms with Gasteiger partial charge in [-0.3, -0.25) is 0 Å². The van der Waals surface area contributed by atoms with Gasteiger partial charge in [0.25, 0.3) is 0 Å². The van der Waals surface area contributed by atoms with Crippen LogP contribution in [-0.2, 0) is 0 Å². The maximum absolute atomic E-state index is 2.35. The summed E-state index contributed by atoms with van der Waals surface area (Å²) in [6, 6.07) is 0. The molecule has 0 atom stereocenters. The van der Waals surface area contributed by atoms with Gasteiger partial charge in [0.2, 0.25) is 0 Å². The van der Waals surface area contributed by atoms with Gasteiger partial charge in [0.15, 0.2) is 0 Å². The van der Waals surface area contributed by atoms with Crippen LogP contribution in [0.15, 0.2) is 68.9 Å². The Morgan fingerprint density at radius 1 is 0.647 bits per heavy atom. The third-order valence-corrected chi connectivity index (χ3v) is 4.90. The Kier molecular flexibility index (Phi) is 1.32. The van der Waals surface area contributed by atoms with E-state index in [1.807, 2.05) is 0 Å². The van der Waals surface area contributed by atoms with Gasteiger partial charge >= 0.3 is 0 Å². The van der Waals surface area contributed by atoms with Crippen molar-refractivity contribution in [2.24, 2.45) is 0 Å². The average molecular weight is 218 g/mol. The summed E-state index contributed by atoms with van der Waals surface area (Å²) in [5.74, 6) is 0. The van der Waals surface area contributed by atoms with E-state index in [-0.39, 0.29) is 0 Å². The second kappa shape index (κ2) is 2.64. The molecule has 0 aromatic carbocycles. The predicted molar refractivity (Wildman–Crippen MR) is 69.5 cm³/mol. The standard InChI is InChI=1S/C17H14/c1-4-11-8-16-15(13(11)5-1)9-12-7-10-3-2-6-14(10)17(12)16/h1-4H,5-9H2. The summed E-state index contributed by atoms with van der Waals surface area (Å²) < 4.78 is 0. The van der Waals surface area contributed by atoms with Gasteiger partial charge in [-0.15, -0.1) is 0 Å². The van der Waals surface area contributed by atoms with Crippen molar-refractivity contribution in [1.82, 2.24) is 0 Å². The van der Waals surface area contributed by atoms with Gasteiger partial charge in [-0.25, -0.2) is 0 Å². The van der Waals surface area contributed by atoms with Crippen molar-refractivity contribution in [3.63, 3.8) is 0 Å². The second-order valence-electron chi connectivity index (χ2n) is 5.69. The molecule has 0 spiro atoms. The molecular formula is C17H14. The highest BCUT2D eigenvalue weighted by Crippen LogP contribution is 2.56. The number of hydrogen-bond acceptors (Lipinski definition) is 0. The first-order valence-electron chi connectivity index (χ1n) is 6.64. The molecule has 5 aliphatic carbocycles. The summed E-state index contributed by atoms with van der Waals surface area (Å²) in [5.41, 5.74) is 13.4. The van der Waals surface area contributed by atoms with E-state index < -0.39 is 0 Å².